The Balaban J connectivity index is 2.41. The lowest BCUT2D eigenvalue weighted by atomic mass is 10.2. The van der Waals surface area contributed by atoms with Gasteiger partial charge in [-0.05, 0) is 50.1 Å². The molecule has 19 heavy (non-hydrogen) atoms. The Bertz CT molecular complexity index is 627. The molecule has 0 N–H and O–H groups in total. The fourth-order valence-electron chi connectivity index (χ4n) is 1.71. The maximum atomic E-state index is 9.30. The Hall–Kier alpha value is -1.51. The van der Waals surface area contributed by atoms with E-state index in [2.05, 4.69) is 16.0 Å². The number of nitriles is 1. The van der Waals surface area contributed by atoms with Crippen LogP contribution in [0.3, 0.4) is 0 Å². The predicted molar refractivity (Wildman–Crippen MR) is 78.6 cm³/mol. The maximum absolute atomic E-state index is 9.30. The van der Waals surface area contributed by atoms with E-state index in [9.17, 15) is 5.26 Å². The van der Waals surface area contributed by atoms with Crippen molar-refractivity contribution in [3.8, 4) is 6.07 Å². The van der Waals surface area contributed by atoms with Crippen LogP contribution in [0.1, 0.15) is 17.0 Å². The molecule has 2 aromatic rings. The molecule has 0 fully saturated rings. The van der Waals surface area contributed by atoms with E-state index in [1.54, 1.807) is 11.8 Å². The average molecular weight is 287 g/mol. The fraction of sp³-hybridized carbons (Fsp3) is 0.214. The summed E-state index contributed by atoms with van der Waals surface area (Å²) in [7, 11) is 0. The van der Waals surface area contributed by atoms with E-state index in [0.29, 0.717) is 10.7 Å². The van der Waals surface area contributed by atoms with Crippen molar-refractivity contribution in [2.24, 2.45) is 0 Å². The molecule has 0 aliphatic heterocycles. The third-order valence-electron chi connectivity index (χ3n) is 2.48. The Kier molecular flexibility index (Phi) is 4.46. The number of hydrogen-bond donors (Lipinski definition) is 0. The van der Waals surface area contributed by atoms with Crippen LogP contribution in [0, 0.1) is 25.2 Å². The molecule has 0 atom stereocenters. The monoisotopic (exact) mass is 287 g/mol. The summed E-state index contributed by atoms with van der Waals surface area (Å²) in [6.45, 7) is 3.89. The molecule has 0 aliphatic rings. The van der Waals surface area contributed by atoms with E-state index in [4.69, 9.17) is 0 Å². The van der Waals surface area contributed by atoms with E-state index in [0.717, 1.165) is 21.2 Å². The second-order valence-corrected chi connectivity index (χ2v) is 5.84. The lowest BCUT2D eigenvalue weighted by molar-refractivity contribution is 0.901. The van der Waals surface area contributed by atoms with Crippen LogP contribution in [0.15, 0.2) is 39.2 Å². The first kappa shape index (κ1) is 13.9. The molecule has 0 bridgehead atoms. The van der Waals surface area contributed by atoms with Gasteiger partial charge in [0.2, 0.25) is 0 Å². The summed E-state index contributed by atoms with van der Waals surface area (Å²) < 4.78 is 0. The molecular formula is C14H13N3S2. The molecule has 3 nitrogen and oxygen atoms in total. The van der Waals surface area contributed by atoms with Gasteiger partial charge in [0, 0.05) is 21.2 Å². The highest BCUT2D eigenvalue weighted by Crippen LogP contribution is 2.32. The van der Waals surface area contributed by atoms with Crippen LogP contribution in [-0.4, -0.2) is 16.2 Å². The number of thioether (sulfide) groups is 1. The first-order valence-corrected chi connectivity index (χ1v) is 7.75. The van der Waals surface area contributed by atoms with Gasteiger partial charge in [0.1, 0.15) is 6.07 Å². The Morgan fingerprint density at radius 3 is 2.32 bits per heavy atom. The zero-order valence-electron chi connectivity index (χ0n) is 11.0. The summed E-state index contributed by atoms with van der Waals surface area (Å²) in [5.74, 6) is 0. The van der Waals surface area contributed by atoms with Crippen LogP contribution in [0.2, 0.25) is 0 Å². The van der Waals surface area contributed by atoms with E-state index < -0.39 is 0 Å². The summed E-state index contributed by atoms with van der Waals surface area (Å²) in [5.41, 5.74) is 2.58. The number of hydrogen-bond acceptors (Lipinski definition) is 5. The molecular weight excluding hydrogens is 274 g/mol. The molecule has 1 heterocycles. The van der Waals surface area contributed by atoms with Gasteiger partial charge < -0.3 is 0 Å². The van der Waals surface area contributed by atoms with Gasteiger partial charge in [-0.15, -0.1) is 11.8 Å². The lowest BCUT2D eigenvalue weighted by Gasteiger charge is -2.07. The molecule has 0 spiro atoms. The minimum atomic E-state index is 0.687. The average Bonchev–Trinajstić information content (AvgIpc) is 2.37. The molecule has 0 amide bonds. The van der Waals surface area contributed by atoms with E-state index in [-0.39, 0.29) is 0 Å². The number of aryl methyl sites for hydroxylation is 2. The van der Waals surface area contributed by atoms with Gasteiger partial charge in [0.15, 0.2) is 5.16 Å². The van der Waals surface area contributed by atoms with Crippen LogP contribution in [0.5, 0.6) is 0 Å². The molecule has 0 aliphatic carbocycles. The molecule has 0 saturated heterocycles. The Morgan fingerprint density at radius 2 is 1.74 bits per heavy atom. The minimum absolute atomic E-state index is 0.687. The largest absolute Gasteiger partial charge is 0.228 e. The molecule has 5 heteroatoms. The van der Waals surface area contributed by atoms with E-state index in [1.807, 2.05) is 44.4 Å². The number of nitrogens with zero attached hydrogens (tertiary/aromatic N) is 3. The highest BCUT2D eigenvalue weighted by Gasteiger charge is 2.10. The first-order chi connectivity index (χ1) is 9.13. The van der Waals surface area contributed by atoms with Crippen LogP contribution >= 0.6 is 23.5 Å². The van der Waals surface area contributed by atoms with Crippen LogP contribution in [0.25, 0.3) is 0 Å². The summed E-state index contributed by atoms with van der Waals surface area (Å²) >= 11 is 3.01. The van der Waals surface area contributed by atoms with Crippen molar-refractivity contribution >= 4 is 23.5 Å². The zero-order chi connectivity index (χ0) is 13.8. The van der Waals surface area contributed by atoms with Gasteiger partial charge in [-0.2, -0.15) is 5.26 Å². The van der Waals surface area contributed by atoms with E-state index in [1.165, 1.54) is 11.8 Å². The van der Waals surface area contributed by atoms with Gasteiger partial charge in [-0.1, -0.05) is 6.07 Å². The third-order valence-corrected chi connectivity index (χ3v) is 4.19. The normalized spacial score (nSPS) is 10.2. The van der Waals surface area contributed by atoms with Gasteiger partial charge in [-0.3, -0.25) is 0 Å². The topological polar surface area (TPSA) is 49.6 Å². The summed E-state index contributed by atoms with van der Waals surface area (Å²) in [6.07, 6.45) is 1.97. The standard InChI is InChI=1S/C14H13N3S2/c1-9-7-10(2)17-14(16-9)19-13-6-4-5-12(18-3)11(13)8-15/h4-7H,1-3H3. The lowest BCUT2D eigenvalue weighted by Crippen LogP contribution is -1.93. The van der Waals surface area contributed by atoms with Crippen molar-refractivity contribution in [3.05, 3.63) is 41.2 Å². The van der Waals surface area contributed by atoms with Crippen molar-refractivity contribution in [3.63, 3.8) is 0 Å². The van der Waals surface area contributed by atoms with Gasteiger partial charge in [0.25, 0.3) is 0 Å². The SMILES string of the molecule is CSc1cccc(Sc2nc(C)cc(C)n2)c1C#N. The van der Waals surface area contributed by atoms with Crippen LogP contribution < -0.4 is 0 Å². The molecule has 96 valence electrons. The van der Waals surface area contributed by atoms with Gasteiger partial charge >= 0.3 is 0 Å². The highest BCUT2D eigenvalue weighted by molar-refractivity contribution is 7.99. The number of rotatable bonds is 3. The van der Waals surface area contributed by atoms with Crippen LogP contribution in [-0.2, 0) is 0 Å². The van der Waals surface area contributed by atoms with Crippen molar-refractivity contribution < 1.29 is 0 Å². The quantitative estimate of drug-likeness (QED) is 0.634. The molecule has 0 saturated carbocycles. The molecule has 1 aromatic carbocycles. The fourth-order valence-corrected chi connectivity index (χ4v) is 3.33. The van der Waals surface area contributed by atoms with Crippen molar-refractivity contribution in [1.82, 2.24) is 9.97 Å². The second kappa shape index (κ2) is 6.09. The Labute approximate surface area is 121 Å². The number of aromatic nitrogens is 2. The molecule has 0 unspecified atom stereocenters. The van der Waals surface area contributed by atoms with E-state index >= 15 is 0 Å². The smallest absolute Gasteiger partial charge is 0.192 e. The van der Waals surface area contributed by atoms with Gasteiger partial charge in [0.05, 0.1) is 5.56 Å². The summed E-state index contributed by atoms with van der Waals surface area (Å²) in [6, 6.07) is 10.0. The Morgan fingerprint density at radius 1 is 1.11 bits per heavy atom. The minimum Gasteiger partial charge on any atom is -0.228 e. The third kappa shape index (κ3) is 3.28. The second-order valence-electron chi connectivity index (χ2n) is 3.98. The van der Waals surface area contributed by atoms with Crippen molar-refractivity contribution in [1.29, 1.82) is 5.26 Å². The molecule has 1 aromatic heterocycles. The maximum Gasteiger partial charge on any atom is 0.192 e. The summed E-state index contributed by atoms with van der Waals surface area (Å²) in [5, 5.41) is 9.99. The van der Waals surface area contributed by atoms with Crippen molar-refractivity contribution in [2.45, 2.75) is 28.8 Å². The van der Waals surface area contributed by atoms with Gasteiger partial charge in [-0.25, -0.2) is 9.97 Å². The number of benzene rings is 1. The predicted octanol–water partition coefficient (Wildman–Crippen LogP) is 3.84. The highest BCUT2D eigenvalue weighted by atomic mass is 32.2. The summed E-state index contributed by atoms with van der Waals surface area (Å²) in [4.78, 5) is 10.7. The first-order valence-electron chi connectivity index (χ1n) is 5.71. The van der Waals surface area contributed by atoms with Crippen LogP contribution in [0.4, 0.5) is 0 Å². The zero-order valence-corrected chi connectivity index (χ0v) is 12.6. The molecule has 2 rings (SSSR count). The molecule has 0 radical (unpaired) electrons. The van der Waals surface area contributed by atoms with Crippen molar-refractivity contribution in [2.75, 3.05) is 6.26 Å².